The number of carbonyl (C=O) groups is 1. The Kier molecular flexibility index (Phi) is 6.23. The van der Waals surface area contributed by atoms with Crippen LogP contribution in [0.4, 0.5) is 0 Å². The smallest absolute Gasteiger partial charge is 0.277 e. The lowest BCUT2D eigenvalue weighted by molar-refractivity contribution is -0.123. The van der Waals surface area contributed by atoms with Crippen molar-refractivity contribution >= 4 is 39.7 Å². The highest BCUT2D eigenvalue weighted by Gasteiger charge is 2.06. The van der Waals surface area contributed by atoms with Gasteiger partial charge in [-0.3, -0.25) is 4.79 Å². The summed E-state index contributed by atoms with van der Waals surface area (Å²) in [7, 11) is 0. The highest BCUT2D eigenvalue weighted by molar-refractivity contribution is 9.10. The van der Waals surface area contributed by atoms with Gasteiger partial charge in [0.25, 0.3) is 5.91 Å². The molecule has 0 bridgehead atoms. The molecule has 5 nitrogen and oxygen atoms in total. The Balaban J connectivity index is 1.90. The number of halogens is 2. The van der Waals surface area contributed by atoms with Gasteiger partial charge in [-0.15, -0.1) is 0 Å². The molecular formula is C17H16BrClN2O3. The second-order valence-corrected chi connectivity index (χ2v) is 6.44. The lowest BCUT2D eigenvalue weighted by Crippen LogP contribution is -2.24. The molecule has 0 radical (unpaired) electrons. The van der Waals surface area contributed by atoms with Crippen LogP contribution >= 0.6 is 27.5 Å². The lowest BCUT2D eigenvalue weighted by atomic mass is 10.1. The summed E-state index contributed by atoms with van der Waals surface area (Å²) in [5, 5.41) is 14.1. The average molecular weight is 412 g/mol. The number of benzene rings is 2. The van der Waals surface area contributed by atoms with Crippen molar-refractivity contribution in [2.24, 2.45) is 5.10 Å². The van der Waals surface area contributed by atoms with E-state index in [1.54, 1.807) is 12.1 Å². The average Bonchev–Trinajstić information content (AvgIpc) is 2.53. The second-order valence-electron chi connectivity index (χ2n) is 5.15. The van der Waals surface area contributed by atoms with Crippen molar-refractivity contribution in [1.29, 1.82) is 0 Å². The van der Waals surface area contributed by atoms with E-state index in [-0.39, 0.29) is 12.4 Å². The maximum atomic E-state index is 11.7. The van der Waals surface area contributed by atoms with E-state index in [0.29, 0.717) is 20.8 Å². The molecule has 2 rings (SSSR count). The Morgan fingerprint density at radius 3 is 2.79 bits per heavy atom. The third-order valence-electron chi connectivity index (χ3n) is 3.30. The number of carbonyl (C=O) groups excluding carboxylic acids is 1. The third-order valence-corrected chi connectivity index (χ3v) is 4.12. The first-order valence-electron chi connectivity index (χ1n) is 7.07. The molecule has 0 saturated carbocycles. The van der Waals surface area contributed by atoms with Crippen LogP contribution in [-0.4, -0.2) is 23.8 Å². The molecule has 0 aliphatic rings. The van der Waals surface area contributed by atoms with E-state index in [1.807, 2.05) is 26.0 Å². The van der Waals surface area contributed by atoms with E-state index in [0.717, 1.165) is 11.1 Å². The van der Waals surface area contributed by atoms with Crippen LogP contribution < -0.4 is 10.2 Å². The summed E-state index contributed by atoms with van der Waals surface area (Å²) in [5.74, 6) is 0.197. The number of hydrogen-bond acceptors (Lipinski definition) is 4. The maximum Gasteiger partial charge on any atom is 0.277 e. The van der Waals surface area contributed by atoms with Gasteiger partial charge in [-0.25, -0.2) is 5.43 Å². The van der Waals surface area contributed by atoms with Crippen LogP contribution in [0.2, 0.25) is 5.02 Å². The van der Waals surface area contributed by atoms with Crippen LogP contribution in [0, 0.1) is 13.8 Å². The summed E-state index contributed by atoms with van der Waals surface area (Å²) in [6.07, 6.45) is 1.31. The zero-order valence-corrected chi connectivity index (χ0v) is 15.5. The van der Waals surface area contributed by atoms with Gasteiger partial charge in [0, 0.05) is 10.6 Å². The fourth-order valence-corrected chi connectivity index (χ4v) is 2.68. The number of amides is 1. The van der Waals surface area contributed by atoms with Crippen molar-refractivity contribution in [3.63, 3.8) is 0 Å². The van der Waals surface area contributed by atoms with Crippen molar-refractivity contribution in [3.8, 4) is 11.5 Å². The number of ether oxygens (including phenoxy) is 1. The van der Waals surface area contributed by atoms with Gasteiger partial charge in [0.15, 0.2) is 6.61 Å². The number of phenolic OH excluding ortho intramolecular Hbond substituents is 1. The molecule has 24 heavy (non-hydrogen) atoms. The van der Waals surface area contributed by atoms with Gasteiger partial charge in [-0.1, -0.05) is 17.7 Å². The van der Waals surface area contributed by atoms with Crippen molar-refractivity contribution < 1.29 is 14.6 Å². The molecule has 2 aromatic carbocycles. The molecule has 0 atom stereocenters. The third kappa shape index (κ3) is 4.97. The minimum atomic E-state index is -0.412. The first-order chi connectivity index (χ1) is 11.4. The van der Waals surface area contributed by atoms with E-state index < -0.39 is 5.91 Å². The topological polar surface area (TPSA) is 70.9 Å². The van der Waals surface area contributed by atoms with Gasteiger partial charge < -0.3 is 9.84 Å². The molecule has 0 heterocycles. The second kappa shape index (κ2) is 8.17. The number of hydrogen-bond donors (Lipinski definition) is 2. The van der Waals surface area contributed by atoms with E-state index in [2.05, 4.69) is 26.5 Å². The van der Waals surface area contributed by atoms with Gasteiger partial charge >= 0.3 is 0 Å². The molecule has 2 N–H and O–H groups in total. The highest BCUT2D eigenvalue weighted by atomic mass is 79.9. The molecule has 0 spiro atoms. The van der Waals surface area contributed by atoms with E-state index in [4.69, 9.17) is 16.3 Å². The van der Waals surface area contributed by atoms with Crippen LogP contribution in [0.15, 0.2) is 39.9 Å². The molecule has 2 aromatic rings. The predicted molar refractivity (Wildman–Crippen MR) is 98.0 cm³/mol. The van der Waals surface area contributed by atoms with Crippen LogP contribution in [0.5, 0.6) is 11.5 Å². The zero-order chi connectivity index (χ0) is 17.7. The zero-order valence-electron chi connectivity index (χ0n) is 13.1. The van der Waals surface area contributed by atoms with Crippen LogP contribution in [-0.2, 0) is 4.79 Å². The number of nitrogens with zero attached hydrogens (tertiary/aromatic N) is 1. The van der Waals surface area contributed by atoms with Crippen molar-refractivity contribution in [2.75, 3.05) is 6.61 Å². The standard InChI is InChI=1S/C17H16BrClN2O3/c1-10-3-4-14(5-11(10)2)24-9-16(22)21-20-8-12-6-13(19)7-15(18)17(12)23/h3-8,23H,9H2,1-2H3,(H,21,22)/b20-8-. The molecule has 0 aromatic heterocycles. The van der Waals surface area contributed by atoms with E-state index >= 15 is 0 Å². The molecule has 0 unspecified atom stereocenters. The lowest BCUT2D eigenvalue weighted by Gasteiger charge is -2.07. The summed E-state index contributed by atoms with van der Waals surface area (Å²) in [6, 6.07) is 8.70. The number of nitrogens with one attached hydrogen (secondary N) is 1. The Hall–Kier alpha value is -2.05. The molecule has 7 heteroatoms. The molecule has 0 aliphatic heterocycles. The Morgan fingerprint density at radius 2 is 2.08 bits per heavy atom. The summed E-state index contributed by atoms with van der Waals surface area (Å²) in [4.78, 5) is 11.7. The summed E-state index contributed by atoms with van der Waals surface area (Å²) < 4.78 is 5.85. The Morgan fingerprint density at radius 1 is 1.33 bits per heavy atom. The van der Waals surface area contributed by atoms with E-state index in [9.17, 15) is 9.90 Å². The molecule has 1 amide bonds. The molecular weight excluding hydrogens is 396 g/mol. The van der Waals surface area contributed by atoms with Crippen molar-refractivity contribution in [2.45, 2.75) is 13.8 Å². The molecule has 0 saturated heterocycles. The SMILES string of the molecule is Cc1ccc(OCC(=O)N/N=C\c2cc(Cl)cc(Br)c2O)cc1C. The number of aromatic hydroxyl groups is 1. The fourth-order valence-electron chi connectivity index (χ4n) is 1.84. The fraction of sp³-hybridized carbons (Fsp3) is 0.176. The van der Waals surface area contributed by atoms with Crippen LogP contribution in [0.25, 0.3) is 0 Å². The van der Waals surface area contributed by atoms with Gasteiger partial charge in [0.2, 0.25) is 0 Å². The van der Waals surface area contributed by atoms with Crippen molar-refractivity contribution in [3.05, 3.63) is 56.5 Å². The minimum Gasteiger partial charge on any atom is -0.506 e. The first-order valence-corrected chi connectivity index (χ1v) is 8.24. The van der Waals surface area contributed by atoms with E-state index in [1.165, 1.54) is 12.3 Å². The van der Waals surface area contributed by atoms with Gasteiger partial charge in [0.05, 0.1) is 10.7 Å². The number of phenols is 1. The maximum absolute atomic E-state index is 11.7. The first kappa shape index (κ1) is 18.3. The number of rotatable bonds is 5. The van der Waals surface area contributed by atoms with Gasteiger partial charge in [-0.2, -0.15) is 5.10 Å². The molecule has 0 aliphatic carbocycles. The predicted octanol–water partition coefficient (Wildman–Crippen LogP) is 3.95. The normalized spacial score (nSPS) is 10.8. The quantitative estimate of drug-likeness (QED) is 0.578. The van der Waals surface area contributed by atoms with Crippen LogP contribution in [0.3, 0.4) is 0 Å². The number of aryl methyl sites for hydroxylation is 2. The highest BCUT2D eigenvalue weighted by Crippen LogP contribution is 2.30. The summed E-state index contributed by atoms with van der Waals surface area (Å²) in [6.45, 7) is 3.82. The number of hydrazone groups is 1. The molecule has 126 valence electrons. The summed E-state index contributed by atoms with van der Waals surface area (Å²) in [5.41, 5.74) is 4.96. The summed E-state index contributed by atoms with van der Waals surface area (Å²) >= 11 is 9.07. The van der Waals surface area contributed by atoms with Gasteiger partial charge in [0.1, 0.15) is 11.5 Å². The Bertz CT molecular complexity index is 794. The van der Waals surface area contributed by atoms with Gasteiger partial charge in [-0.05, 0) is 65.2 Å². The Labute approximate surface area is 153 Å². The molecule has 0 fully saturated rings. The largest absolute Gasteiger partial charge is 0.506 e. The van der Waals surface area contributed by atoms with Crippen LogP contribution in [0.1, 0.15) is 16.7 Å². The monoisotopic (exact) mass is 410 g/mol. The van der Waals surface area contributed by atoms with Crippen molar-refractivity contribution in [1.82, 2.24) is 5.43 Å². The minimum absolute atomic E-state index is 0.0104.